The molecule has 0 saturated carbocycles. The Labute approximate surface area is 120 Å². The van der Waals surface area contributed by atoms with E-state index in [1.54, 1.807) is 0 Å². The highest BCUT2D eigenvalue weighted by molar-refractivity contribution is 6.32. The lowest BCUT2D eigenvalue weighted by Crippen LogP contribution is -2.28. The summed E-state index contributed by atoms with van der Waals surface area (Å²) in [5.41, 5.74) is -0.212. The first-order valence-electron chi connectivity index (χ1n) is 5.87. The molecule has 0 aliphatic rings. The quantitative estimate of drug-likeness (QED) is 0.847. The van der Waals surface area contributed by atoms with E-state index in [-0.39, 0.29) is 29.5 Å². The van der Waals surface area contributed by atoms with Crippen molar-refractivity contribution in [3.63, 3.8) is 0 Å². The Hall–Kier alpha value is -1.82. The Kier molecular flexibility index (Phi) is 5.76. The van der Waals surface area contributed by atoms with Crippen molar-refractivity contribution >= 4 is 23.5 Å². The summed E-state index contributed by atoms with van der Waals surface area (Å²) in [6, 6.07) is 1.84. The van der Waals surface area contributed by atoms with Gasteiger partial charge in [-0.1, -0.05) is 11.6 Å². The molecule has 0 heterocycles. The highest BCUT2D eigenvalue weighted by atomic mass is 35.5. The zero-order valence-electron chi connectivity index (χ0n) is 11.2. The van der Waals surface area contributed by atoms with E-state index >= 15 is 0 Å². The monoisotopic (exact) mass is 303 g/mol. The number of nitrogens with zero attached hydrogens (tertiary/aromatic N) is 1. The van der Waals surface area contributed by atoms with Gasteiger partial charge in [0.1, 0.15) is 11.6 Å². The van der Waals surface area contributed by atoms with Crippen LogP contribution in [-0.4, -0.2) is 42.6 Å². The van der Waals surface area contributed by atoms with Gasteiger partial charge in [-0.15, -0.1) is 0 Å². The summed E-state index contributed by atoms with van der Waals surface area (Å²) in [6.45, 7) is 0.265. The van der Waals surface area contributed by atoms with E-state index in [0.717, 1.165) is 12.1 Å². The molecule has 1 aromatic carbocycles. The minimum absolute atomic E-state index is 0.171. The lowest BCUT2D eigenvalue weighted by atomic mass is 10.1. The molecule has 1 aromatic rings. The normalized spacial score (nSPS) is 10.2. The van der Waals surface area contributed by atoms with E-state index < -0.39 is 17.5 Å². The van der Waals surface area contributed by atoms with E-state index in [0.29, 0.717) is 6.42 Å². The van der Waals surface area contributed by atoms with Crippen molar-refractivity contribution in [1.82, 2.24) is 4.90 Å². The van der Waals surface area contributed by atoms with Crippen LogP contribution in [0, 0.1) is 5.82 Å². The summed E-state index contributed by atoms with van der Waals surface area (Å²) in [7, 11) is 2.77. The molecule has 0 aliphatic carbocycles. The highest BCUT2D eigenvalue weighted by Crippen LogP contribution is 2.29. The van der Waals surface area contributed by atoms with E-state index in [1.165, 1.54) is 19.1 Å². The van der Waals surface area contributed by atoms with Gasteiger partial charge in [0, 0.05) is 20.0 Å². The minimum atomic E-state index is -0.709. The van der Waals surface area contributed by atoms with Crippen LogP contribution in [0.4, 0.5) is 4.39 Å². The summed E-state index contributed by atoms with van der Waals surface area (Å²) in [4.78, 5) is 24.3. The average Bonchev–Trinajstić information content (AvgIpc) is 2.41. The van der Waals surface area contributed by atoms with Crippen molar-refractivity contribution in [1.29, 1.82) is 0 Å². The van der Waals surface area contributed by atoms with Crippen LogP contribution >= 0.6 is 11.6 Å². The molecule has 0 bridgehead atoms. The molecule has 20 heavy (non-hydrogen) atoms. The second-order valence-electron chi connectivity index (χ2n) is 4.19. The third-order valence-electron chi connectivity index (χ3n) is 2.71. The van der Waals surface area contributed by atoms with E-state index in [1.807, 2.05) is 0 Å². The number of phenolic OH excluding ortho intramolecular Hbond substituents is 1. The number of ether oxygens (including phenoxy) is 1. The molecular formula is C13H15ClFNO4. The Morgan fingerprint density at radius 1 is 1.45 bits per heavy atom. The topological polar surface area (TPSA) is 66.8 Å². The molecule has 5 nitrogen and oxygen atoms in total. The maximum Gasteiger partial charge on any atom is 0.305 e. The number of methoxy groups -OCH3 is 1. The summed E-state index contributed by atoms with van der Waals surface area (Å²) in [6.07, 6.45) is 0.572. The SMILES string of the molecule is COC(=O)CCCN(C)C(=O)c1cc(F)cc(Cl)c1O. The molecule has 0 aromatic heterocycles. The molecule has 1 amide bonds. The second kappa shape index (κ2) is 7.09. The fourth-order valence-electron chi connectivity index (χ4n) is 1.60. The number of aromatic hydroxyl groups is 1. The zero-order chi connectivity index (χ0) is 15.3. The van der Waals surface area contributed by atoms with Gasteiger partial charge >= 0.3 is 5.97 Å². The van der Waals surface area contributed by atoms with E-state index in [9.17, 15) is 19.1 Å². The third kappa shape index (κ3) is 4.09. The predicted octanol–water partition coefficient (Wildman–Crippen LogP) is 2.21. The van der Waals surface area contributed by atoms with Crippen LogP contribution in [0.1, 0.15) is 23.2 Å². The number of phenols is 1. The number of amides is 1. The number of benzene rings is 1. The van der Waals surface area contributed by atoms with Crippen molar-refractivity contribution < 1.29 is 23.8 Å². The van der Waals surface area contributed by atoms with Crippen LogP contribution in [-0.2, 0) is 9.53 Å². The van der Waals surface area contributed by atoms with Crippen molar-refractivity contribution in [3.8, 4) is 5.75 Å². The van der Waals surface area contributed by atoms with E-state index in [2.05, 4.69) is 4.74 Å². The van der Waals surface area contributed by atoms with Crippen LogP contribution < -0.4 is 0 Å². The van der Waals surface area contributed by atoms with Gasteiger partial charge in [0.05, 0.1) is 17.7 Å². The minimum Gasteiger partial charge on any atom is -0.506 e. The lowest BCUT2D eigenvalue weighted by molar-refractivity contribution is -0.140. The number of esters is 1. The highest BCUT2D eigenvalue weighted by Gasteiger charge is 2.19. The van der Waals surface area contributed by atoms with Crippen LogP contribution in [0.3, 0.4) is 0 Å². The molecule has 0 fully saturated rings. The van der Waals surface area contributed by atoms with Gasteiger partial charge in [0.25, 0.3) is 5.91 Å². The molecule has 110 valence electrons. The molecule has 1 N–H and O–H groups in total. The van der Waals surface area contributed by atoms with Gasteiger partial charge in [0.2, 0.25) is 0 Å². The number of hydrogen-bond donors (Lipinski definition) is 1. The summed E-state index contributed by atoms with van der Waals surface area (Å²) in [5.74, 6) is -2.12. The fourth-order valence-corrected chi connectivity index (χ4v) is 1.80. The van der Waals surface area contributed by atoms with Crippen LogP contribution in [0.25, 0.3) is 0 Å². The van der Waals surface area contributed by atoms with Gasteiger partial charge in [0.15, 0.2) is 0 Å². The van der Waals surface area contributed by atoms with Gasteiger partial charge in [-0.25, -0.2) is 4.39 Å². The summed E-state index contributed by atoms with van der Waals surface area (Å²) >= 11 is 5.61. The molecule has 0 radical (unpaired) electrons. The first-order valence-corrected chi connectivity index (χ1v) is 6.25. The van der Waals surface area contributed by atoms with Gasteiger partial charge in [-0.05, 0) is 18.6 Å². The smallest absolute Gasteiger partial charge is 0.305 e. The van der Waals surface area contributed by atoms with Crippen molar-refractivity contribution in [2.75, 3.05) is 20.7 Å². The van der Waals surface area contributed by atoms with Crippen molar-refractivity contribution in [2.24, 2.45) is 0 Å². The average molecular weight is 304 g/mol. The summed E-state index contributed by atoms with van der Waals surface area (Å²) in [5, 5.41) is 9.45. The molecule has 7 heteroatoms. The maximum atomic E-state index is 13.2. The number of rotatable bonds is 5. The number of carbonyl (C=O) groups is 2. The zero-order valence-corrected chi connectivity index (χ0v) is 11.9. The maximum absolute atomic E-state index is 13.2. The fraction of sp³-hybridized carbons (Fsp3) is 0.385. The molecule has 0 atom stereocenters. The molecule has 0 spiro atoms. The first kappa shape index (κ1) is 16.2. The summed E-state index contributed by atoms with van der Waals surface area (Å²) < 4.78 is 17.7. The Balaban J connectivity index is 2.72. The third-order valence-corrected chi connectivity index (χ3v) is 3.00. The Morgan fingerprint density at radius 2 is 2.10 bits per heavy atom. The molecule has 0 saturated heterocycles. The van der Waals surface area contributed by atoms with Crippen LogP contribution in [0.5, 0.6) is 5.75 Å². The van der Waals surface area contributed by atoms with Gasteiger partial charge < -0.3 is 14.7 Å². The Morgan fingerprint density at radius 3 is 2.70 bits per heavy atom. The number of carbonyl (C=O) groups excluding carboxylic acids is 2. The van der Waals surface area contributed by atoms with Crippen molar-refractivity contribution in [2.45, 2.75) is 12.8 Å². The first-order chi connectivity index (χ1) is 9.36. The van der Waals surface area contributed by atoms with Gasteiger partial charge in [-0.2, -0.15) is 0 Å². The largest absolute Gasteiger partial charge is 0.506 e. The molecule has 0 aliphatic heterocycles. The van der Waals surface area contributed by atoms with Crippen LogP contribution in [0.2, 0.25) is 5.02 Å². The molecule has 1 rings (SSSR count). The van der Waals surface area contributed by atoms with E-state index in [4.69, 9.17) is 11.6 Å². The number of halogens is 2. The molecule has 0 unspecified atom stereocenters. The van der Waals surface area contributed by atoms with Crippen LogP contribution in [0.15, 0.2) is 12.1 Å². The molecular weight excluding hydrogens is 289 g/mol. The standard InChI is InChI=1S/C13H15ClFNO4/c1-16(5-3-4-11(17)20-2)13(19)9-6-8(15)7-10(14)12(9)18/h6-7,18H,3-5H2,1-2H3. The number of hydrogen-bond acceptors (Lipinski definition) is 4. The second-order valence-corrected chi connectivity index (χ2v) is 4.60. The van der Waals surface area contributed by atoms with Gasteiger partial charge in [-0.3, -0.25) is 9.59 Å². The predicted molar refractivity (Wildman–Crippen MR) is 71.3 cm³/mol. The Bertz CT molecular complexity index is 521. The van der Waals surface area contributed by atoms with Crippen molar-refractivity contribution in [3.05, 3.63) is 28.5 Å². The lowest BCUT2D eigenvalue weighted by Gasteiger charge is -2.17.